The van der Waals surface area contributed by atoms with Gasteiger partial charge in [0, 0.05) is 45.4 Å². The molecule has 0 radical (unpaired) electrons. The predicted octanol–water partition coefficient (Wildman–Crippen LogP) is 2.70. The molecule has 0 saturated carbocycles. The van der Waals surface area contributed by atoms with Crippen LogP contribution in [-0.4, -0.2) is 78.9 Å². The van der Waals surface area contributed by atoms with Gasteiger partial charge in [-0.1, -0.05) is 6.92 Å². The second kappa shape index (κ2) is 11.3. The normalized spacial score (nSPS) is 19.0. The van der Waals surface area contributed by atoms with E-state index in [0.717, 1.165) is 25.9 Å². The number of nitro benzene ring substituents is 1. The maximum Gasteiger partial charge on any atom is 0.310 e. The number of piperidine rings is 2. The average molecular weight is 475 g/mol. The molecule has 2 amide bonds. The van der Waals surface area contributed by atoms with Gasteiger partial charge < -0.3 is 19.4 Å². The number of anilines is 1. The van der Waals surface area contributed by atoms with E-state index in [9.17, 15) is 24.5 Å². The van der Waals surface area contributed by atoms with E-state index in [-0.39, 0.29) is 42.1 Å². The van der Waals surface area contributed by atoms with E-state index >= 15 is 0 Å². The minimum absolute atomic E-state index is 0.162. The summed E-state index contributed by atoms with van der Waals surface area (Å²) in [6, 6.07) is 4.35. The maximum absolute atomic E-state index is 13.4. The van der Waals surface area contributed by atoms with Crippen LogP contribution in [0.25, 0.3) is 0 Å². The van der Waals surface area contributed by atoms with Crippen molar-refractivity contribution in [3.05, 3.63) is 33.9 Å². The van der Waals surface area contributed by atoms with Gasteiger partial charge in [0.15, 0.2) is 0 Å². The number of carbonyl (C=O) groups excluding carboxylic acids is 3. The van der Waals surface area contributed by atoms with Crippen molar-refractivity contribution in [2.45, 2.75) is 39.5 Å². The molecule has 0 aromatic heterocycles. The first-order chi connectivity index (χ1) is 16.2. The topological polar surface area (TPSA) is 113 Å². The fourth-order valence-electron chi connectivity index (χ4n) is 4.57. The fourth-order valence-corrected chi connectivity index (χ4v) is 4.57. The lowest BCUT2D eigenvalue weighted by molar-refractivity contribution is -0.384. The molecule has 34 heavy (non-hydrogen) atoms. The Kier molecular flexibility index (Phi) is 8.46. The first kappa shape index (κ1) is 25.5. The maximum atomic E-state index is 13.4. The molecule has 0 aliphatic carbocycles. The number of rotatable bonds is 7. The Hall–Kier alpha value is -3.17. The molecule has 10 nitrogen and oxygen atoms in total. The summed E-state index contributed by atoms with van der Waals surface area (Å²) in [5.74, 6) is -0.769. The van der Waals surface area contributed by atoms with Crippen molar-refractivity contribution in [1.29, 1.82) is 0 Å². The highest BCUT2D eigenvalue weighted by molar-refractivity contribution is 6.02. The number of amides is 2. The number of carbonyl (C=O) groups is 3. The SMILES string of the molecule is CCOC(=O)C1CCCN(C(=O)CN(C)C(=O)c2cc([N+](=O)[O-])ccc2N2CCC(C)CC2)C1. The number of esters is 1. The number of hydrogen-bond acceptors (Lipinski definition) is 7. The molecule has 10 heteroatoms. The molecule has 2 heterocycles. The highest BCUT2D eigenvalue weighted by Gasteiger charge is 2.31. The summed E-state index contributed by atoms with van der Waals surface area (Å²) in [4.78, 5) is 54.2. The largest absolute Gasteiger partial charge is 0.466 e. The van der Waals surface area contributed by atoms with Crippen molar-refractivity contribution < 1.29 is 24.0 Å². The molecule has 186 valence electrons. The number of nitrogens with zero attached hydrogens (tertiary/aromatic N) is 4. The second-order valence-electron chi connectivity index (χ2n) is 9.22. The average Bonchev–Trinajstić information content (AvgIpc) is 2.83. The number of non-ortho nitro benzene ring substituents is 1. The fraction of sp³-hybridized carbons (Fsp3) is 0.625. The summed E-state index contributed by atoms with van der Waals surface area (Å²) in [5, 5.41) is 11.4. The molecular weight excluding hydrogens is 440 g/mol. The molecule has 3 rings (SSSR count). The van der Waals surface area contributed by atoms with Crippen LogP contribution in [0.4, 0.5) is 11.4 Å². The van der Waals surface area contributed by atoms with Crippen molar-refractivity contribution >= 4 is 29.2 Å². The van der Waals surface area contributed by atoms with E-state index in [2.05, 4.69) is 11.8 Å². The summed E-state index contributed by atoms with van der Waals surface area (Å²) in [7, 11) is 1.52. The van der Waals surface area contributed by atoms with Crippen LogP contribution in [-0.2, 0) is 14.3 Å². The summed E-state index contributed by atoms with van der Waals surface area (Å²) >= 11 is 0. The predicted molar refractivity (Wildman–Crippen MR) is 127 cm³/mol. The summed E-state index contributed by atoms with van der Waals surface area (Å²) < 4.78 is 5.09. The van der Waals surface area contributed by atoms with E-state index in [0.29, 0.717) is 37.6 Å². The first-order valence-corrected chi connectivity index (χ1v) is 11.9. The first-order valence-electron chi connectivity index (χ1n) is 11.9. The minimum Gasteiger partial charge on any atom is -0.466 e. The molecule has 2 aliphatic rings. The van der Waals surface area contributed by atoms with Gasteiger partial charge in [-0.2, -0.15) is 0 Å². The summed E-state index contributed by atoms with van der Waals surface area (Å²) in [6.07, 6.45) is 3.32. The van der Waals surface area contributed by atoms with Crippen molar-refractivity contribution in [1.82, 2.24) is 9.80 Å². The lowest BCUT2D eigenvalue weighted by Crippen LogP contribution is -2.47. The van der Waals surface area contributed by atoms with Crippen molar-refractivity contribution in [3.8, 4) is 0 Å². The summed E-state index contributed by atoms with van der Waals surface area (Å²) in [5.41, 5.74) is 0.717. The number of nitro groups is 1. The molecule has 1 aromatic carbocycles. The lowest BCUT2D eigenvalue weighted by Gasteiger charge is -2.34. The van der Waals surface area contributed by atoms with Crippen LogP contribution < -0.4 is 4.90 Å². The van der Waals surface area contributed by atoms with Gasteiger partial charge in [0.25, 0.3) is 11.6 Å². The quantitative estimate of drug-likeness (QED) is 0.339. The van der Waals surface area contributed by atoms with Crippen LogP contribution in [0.3, 0.4) is 0 Å². The van der Waals surface area contributed by atoms with Gasteiger partial charge in [-0.05, 0) is 44.6 Å². The van der Waals surface area contributed by atoms with Crippen LogP contribution in [0.2, 0.25) is 0 Å². The number of hydrogen-bond donors (Lipinski definition) is 0. The molecule has 2 fully saturated rings. The van der Waals surface area contributed by atoms with E-state index in [1.165, 1.54) is 24.1 Å². The van der Waals surface area contributed by atoms with Crippen molar-refractivity contribution in [3.63, 3.8) is 0 Å². The van der Waals surface area contributed by atoms with Crippen LogP contribution in [0.1, 0.15) is 49.9 Å². The van der Waals surface area contributed by atoms with Gasteiger partial charge in [-0.15, -0.1) is 0 Å². The van der Waals surface area contributed by atoms with E-state index < -0.39 is 10.8 Å². The number of ether oxygens (including phenoxy) is 1. The molecular formula is C24H34N4O6. The van der Waals surface area contributed by atoms with Crippen LogP contribution in [0.15, 0.2) is 18.2 Å². The van der Waals surface area contributed by atoms with Gasteiger partial charge in [0.2, 0.25) is 5.91 Å². The standard InChI is InChI=1S/C24H34N4O6/c1-4-34-24(31)18-6-5-11-27(15-18)22(29)16-25(3)23(30)20-14-19(28(32)33)7-8-21(20)26-12-9-17(2)10-13-26/h7-8,14,17-18H,4-6,9-13,15-16H2,1-3H3. The van der Waals surface area contributed by atoms with Crippen molar-refractivity contribution in [2.24, 2.45) is 11.8 Å². The Morgan fingerprint density at radius 2 is 1.88 bits per heavy atom. The Morgan fingerprint density at radius 3 is 2.53 bits per heavy atom. The van der Waals surface area contributed by atoms with Crippen LogP contribution in [0, 0.1) is 22.0 Å². The number of likely N-dealkylation sites (tertiary alicyclic amines) is 1. The van der Waals surface area contributed by atoms with E-state index in [4.69, 9.17) is 4.74 Å². The van der Waals surface area contributed by atoms with E-state index in [1.54, 1.807) is 17.9 Å². The number of benzene rings is 1. The summed E-state index contributed by atoms with van der Waals surface area (Å²) in [6.45, 7) is 6.38. The van der Waals surface area contributed by atoms with Gasteiger partial charge in [-0.25, -0.2) is 0 Å². The van der Waals surface area contributed by atoms with Crippen LogP contribution >= 0.6 is 0 Å². The van der Waals surface area contributed by atoms with Gasteiger partial charge >= 0.3 is 5.97 Å². The lowest BCUT2D eigenvalue weighted by atomic mass is 9.97. The highest BCUT2D eigenvalue weighted by Crippen LogP contribution is 2.30. The molecule has 2 saturated heterocycles. The molecule has 0 N–H and O–H groups in total. The third-order valence-corrected chi connectivity index (χ3v) is 6.66. The van der Waals surface area contributed by atoms with E-state index in [1.807, 2.05) is 0 Å². The Balaban J connectivity index is 1.73. The Labute approximate surface area is 200 Å². The highest BCUT2D eigenvalue weighted by atomic mass is 16.6. The molecule has 1 atom stereocenters. The zero-order valence-electron chi connectivity index (χ0n) is 20.2. The zero-order chi connectivity index (χ0) is 24.8. The van der Waals surface area contributed by atoms with Gasteiger partial charge in [-0.3, -0.25) is 24.5 Å². The Morgan fingerprint density at radius 1 is 1.18 bits per heavy atom. The third-order valence-electron chi connectivity index (χ3n) is 6.66. The molecule has 1 unspecified atom stereocenters. The zero-order valence-corrected chi connectivity index (χ0v) is 20.2. The van der Waals surface area contributed by atoms with Crippen LogP contribution in [0.5, 0.6) is 0 Å². The smallest absolute Gasteiger partial charge is 0.310 e. The molecule has 1 aromatic rings. The third kappa shape index (κ3) is 6.03. The second-order valence-corrected chi connectivity index (χ2v) is 9.22. The van der Waals surface area contributed by atoms with Crippen molar-refractivity contribution in [2.75, 3.05) is 51.3 Å². The van der Waals surface area contributed by atoms with Gasteiger partial charge in [0.05, 0.1) is 35.2 Å². The number of likely N-dealkylation sites (N-methyl/N-ethyl adjacent to an activating group) is 1. The molecule has 0 spiro atoms. The monoisotopic (exact) mass is 474 g/mol. The Bertz CT molecular complexity index is 928. The molecule has 2 aliphatic heterocycles. The molecule has 0 bridgehead atoms. The van der Waals surface area contributed by atoms with Gasteiger partial charge in [0.1, 0.15) is 0 Å². The minimum atomic E-state index is -0.521.